The first kappa shape index (κ1) is 17.0. The van der Waals surface area contributed by atoms with Crippen LogP contribution in [0.25, 0.3) is 5.65 Å². The second-order valence-corrected chi connectivity index (χ2v) is 7.73. The number of nitrogens with zero attached hydrogens (tertiary/aromatic N) is 3. The summed E-state index contributed by atoms with van der Waals surface area (Å²) in [5, 5.41) is 10.4. The van der Waals surface area contributed by atoms with Gasteiger partial charge in [0.15, 0.2) is 21.2 Å². The Balaban J connectivity index is 1.51. The average Bonchev–Trinajstić information content (AvgIpc) is 3.30. The van der Waals surface area contributed by atoms with Gasteiger partial charge in [0, 0.05) is 6.20 Å². The molecule has 0 fully saturated rings. The molecule has 0 aliphatic carbocycles. The second kappa shape index (κ2) is 6.69. The molecule has 9 heteroatoms. The van der Waals surface area contributed by atoms with Crippen molar-refractivity contribution in [2.75, 3.05) is 5.32 Å². The topological polar surface area (TPSA) is 107 Å². The molecule has 3 heterocycles. The quantitative estimate of drug-likeness (QED) is 0.568. The summed E-state index contributed by atoms with van der Waals surface area (Å²) in [6.45, 7) is 0. The summed E-state index contributed by atoms with van der Waals surface area (Å²) in [4.78, 5) is 12.6. The van der Waals surface area contributed by atoms with Crippen LogP contribution in [0.3, 0.4) is 0 Å². The van der Waals surface area contributed by atoms with E-state index in [4.69, 9.17) is 4.42 Å². The summed E-state index contributed by atoms with van der Waals surface area (Å²) in [5.41, 5.74) is 0.585. The molecule has 0 bridgehead atoms. The maximum atomic E-state index is 12.4. The molecule has 27 heavy (non-hydrogen) atoms. The molecule has 1 aromatic carbocycles. The van der Waals surface area contributed by atoms with Gasteiger partial charge in [-0.1, -0.05) is 24.3 Å². The van der Waals surface area contributed by atoms with Crippen LogP contribution >= 0.6 is 0 Å². The van der Waals surface area contributed by atoms with Crippen LogP contribution < -0.4 is 5.32 Å². The van der Waals surface area contributed by atoms with Gasteiger partial charge < -0.3 is 4.42 Å². The first-order valence-electron chi connectivity index (χ1n) is 8.00. The number of hydrogen-bond donors (Lipinski definition) is 1. The summed E-state index contributed by atoms with van der Waals surface area (Å²) >= 11 is 0. The standard InChI is InChI=1S/C18H14N4O4S/c23-17(19-18-21-20-16-8-4-5-11-22(16)18)15-10-9-13(26-15)12-27(24,25)14-6-2-1-3-7-14/h1-11H,12H2,(H,19,21,23). The van der Waals surface area contributed by atoms with Crippen molar-refractivity contribution < 1.29 is 17.6 Å². The molecular formula is C18H14N4O4S. The van der Waals surface area contributed by atoms with E-state index in [2.05, 4.69) is 15.5 Å². The summed E-state index contributed by atoms with van der Waals surface area (Å²) < 4.78 is 31.8. The lowest BCUT2D eigenvalue weighted by Crippen LogP contribution is -2.13. The predicted molar refractivity (Wildman–Crippen MR) is 97.0 cm³/mol. The van der Waals surface area contributed by atoms with Gasteiger partial charge in [0.25, 0.3) is 5.91 Å². The van der Waals surface area contributed by atoms with Crippen molar-refractivity contribution in [1.29, 1.82) is 0 Å². The molecule has 0 aliphatic heterocycles. The van der Waals surface area contributed by atoms with Gasteiger partial charge in [-0.3, -0.25) is 14.5 Å². The van der Waals surface area contributed by atoms with E-state index in [-0.39, 0.29) is 28.1 Å². The lowest BCUT2D eigenvalue weighted by Gasteiger charge is -2.02. The Morgan fingerprint density at radius 1 is 1.00 bits per heavy atom. The van der Waals surface area contributed by atoms with E-state index in [0.29, 0.717) is 5.65 Å². The third-order valence-electron chi connectivity index (χ3n) is 3.86. The largest absolute Gasteiger partial charge is 0.455 e. The third-order valence-corrected chi connectivity index (χ3v) is 5.51. The van der Waals surface area contributed by atoms with Crippen molar-refractivity contribution >= 4 is 27.3 Å². The number of sulfone groups is 1. The van der Waals surface area contributed by atoms with E-state index >= 15 is 0 Å². The highest BCUT2D eigenvalue weighted by atomic mass is 32.2. The van der Waals surface area contributed by atoms with E-state index < -0.39 is 15.7 Å². The Morgan fingerprint density at radius 2 is 1.78 bits per heavy atom. The fourth-order valence-corrected chi connectivity index (χ4v) is 3.83. The Hall–Kier alpha value is -3.46. The lowest BCUT2D eigenvalue weighted by atomic mass is 10.4. The van der Waals surface area contributed by atoms with Gasteiger partial charge >= 0.3 is 0 Å². The summed E-state index contributed by atoms with van der Waals surface area (Å²) in [6.07, 6.45) is 1.71. The number of rotatable bonds is 5. The van der Waals surface area contributed by atoms with Crippen LogP contribution in [0.1, 0.15) is 16.3 Å². The Kier molecular flexibility index (Phi) is 4.21. The van der Waals surface area contributed by atoms with Crippen LogP contribution in [0.4, 0.5) is 5.95 Å². The first-order chi connectivity index (χ1) is 13.0. The SMILES string of the molecule is O=C(Nc1nnc2ccccn12)c1ccc(CS(=O)(=O)c2ccccc2)o1. The van der Waals surface area contributed by atoms with E-state index in [0.717, 1.165) is 0 Å². The lowest BCUT2D eigenvalue weighted by molar-refractivity contribution is 0.0994. The van der Waals surface area contributed by atoms with Crippen molar-refractivity contribution in [2.24, 2.45) is 0 Å². The van der Waals surface area contributed by atoms with Crippen LogP contribution in [0.15, 0.2) is 76.2 Å². The molecule has 3 aromatic heterocycles. The molecule has 1 N–H and O–H groups in total. The maximum Gasteiger partial charge on any atom is 0.293 e. The van der Waals surface area contributed by atoms with Crippen molar-refractivity contribution in [2.45, 2.75) is 10.6 Å². The summed E-state index contributed by atoms with van der Waals surface area (Å²) in [6, 6.07) is 16.3. The van der Waals surface area contributed by atoms with Crippen molar-refractivity contribution in [3.05, 3.63) is 78.4 Å². The van der Waals surface area contributed by atoms with Crippen LogP contribution in [0.5, 0.6) is 0 Å². The number of carbonyl (C=O) groups is 1. The smallest absolute Gasteiger partial charge is 0.293 e. The number of carbonyl (C=O) groups excluding carboxylic acids is 1. The predicted octanol–water partition coefficient (Wildman–Crippen LogP) is 2.55. The first-order valence-corrected chi connectivity index (χ1v) is 9.66. The number of fused-ring (bicyclic) bond motifs is 1. The minimum Gasteiger partial charge on any atom is -0.455 e. The number of nitrogens with one attached hydrogen (secondary N) is 1. The number of pyridine rings is 1. The third kappa shape index (κ3) is 3.44. The van der Waals surface area contributed by atoms with Gasteiger partial charge in [0.2, 0.25) is 5.95 Å². The number of amides is 1. The number of hydrogen-bond acceptors (Lipinski definition) is 6. The molecular weight excluding hydrogens is 368 g/mol. The second-order valence-electron chi connectivity index (χ2n) is 5.74. The normalized spacial score (nSPS) is 11.6. The molecule has 0 saturated heterocycles. The average molecular weight is 382 g/mol. The zero-order valence-corrected chi connectivity index (χ0v) is 14.8. The molecule has 0 aliphatic rings. The fraction of sp³-hybridized carbons (Fsp3) is 0.0556. The molecule has 0 spiro atoms. The Bertz CT molecular complexity index is 1210. The number of anilines is 1. The molecule has 1 amide bonds. The minimum atomic E-state index is -3.56. The van der Waals surface area contributed by atoms with Crippen LogP contribution in [-0.4, -0.2) is 28.9 Å². The van der Waals surface area contributed by atoms with Gasteiger partial charge in [0.05, 0.1) is 4.90 Å². The van der Waals surface area contributed by atoms with Crippen molar-refractivity contribution in [3.8, 4) is 0 Å². The fourth-order valence-electron chi connectivity index (χ4n) is 2.57. The highest BCUT2D eigenvalue weighted by molar-refractivity contribution is 7.90. The number of furan rings is 1. The molecule has 4 aromatic rings. The summed E-state index contributed by atoms with van der Waals surface area (Å²) in [7, 11) is -3.56. The maximum absolute atomic E-state index is 12.4. The van der Waals surface area contributed by atoms with E-state index in [1.807, 2.05) is 6.07 Å². The molecule has 0 atom stereocenters. The number of aromatic nitrogens is 3. The van der Waals surface area contributed by atoms with E-state index in [1.54, 1.807) is 40.9 Å². The highest BCUT2D eigenvalue weighted by Gasteiger charge is 2.20. The Morgan fingerprint density at radius 3 is 2.59 bits per heavy atom. The minimum absolute atomic E-state index is 0.0130. The van der Waals surface area contributed by atoms with Crippen molar-refractivity contribution in [1.82, 2.24) is 14.6 Å². The zero-order valence-electron chi connectivity index (χ0n) is 13.9. The molecule has 4 rings (SSSR count). The van der Waals surface area contributed by atoms with E-state index in [1.165, 1.54) is 24.3 Å². The van der Waals surface area contributed by atoms with Gasteiger partial charge in [-0.15, -0.1) is 10.2 Å². The summed E-state index contributed by atoms with van der Waals surface area (Å²) in [5.74, 6) is -0.476. The van der Waals surface area contributed by atoms with Gasteiger partial charge in [0.1, 0.15) is 11.5 Å². The monoisotopic (exact) mass is 382 g/mol. The van der Waals surface area contributed by atoms with Gasteiger partial charge in [-0.2, -0.15) is 0 Å². The highest BCUT2D eigenvalue weighted by Crippen LogP contribution is 2.19. The van der Waals surface area contributed by atoms with Gasteiger partial charge in [-0.05, 0) is 36.4 Å². The van der Waals surface area contributed by atoms with Crippen molar-refractivity contribution in [3.63, 3.8) is 0 Å². The molecule has 136 valence electrons. The molecule has 0 unspecified atom stereocenters. The zero-order chi connectivity index (χ0) is 18.9. The van der Waals surface area contributed by atoms with E-state index in [9.17, 15) is 13.2 Å². The van der Waals surface area contributed by atoms with Crippen LogP contribution in [-0.2, 0) is 15.6 Å². The molecule has 0 radical (unpaired) electrons. The Labute approximate surface area is 154 Å². The van der Waals surface area contributed by atoms with Crippen LogP contribution in [0.2, 0.25) is 0 Å². The van der Waals surface area contributed by atoms with Crippen LogP contribution in [0, 0.1) is 0 Å². The molecule has 8 nitrogen and oxygen atoms in total. The molecule has 0 saturated carbocycles. The number of benzene rings is 1. The van der Waals surface area contributed by atoms with Gasteiger partial charge in [-0.25, -0.2) is 8.42 Å².